The van der Waals surface area contributed by atoms with Gasteiger partial charge in [0.2, 0.25) is 10.0 Å². The number of carbonyl (C=O) groups is 1. The van der Waals surface area contributed by atoms with Gasteiger partial charge in [0.1, 0.15) is 12.3 Å². The molecule has 0 aliphatic heterocycles. The number of sulfonamides is 1. The molecule has 1 N–H and O–H groups in total. The fourth-order valence-electron chi connectivity index (χ4n) is 1.38. The molecule has 1 aromatic rings. The fourth-order valence-corrected chi connectivity index (χ4v) is 2.35. The third kappa shape index (κ3) is 5.18. The van der Waals surface area contributed by atoms with Crippen molar-refractivity contribution >= 4 is 16.0 Å². The predicted octanol–water partition coefficient (Wildman–Crippen LogP) is 1.32. The molecule has 7 heteroatoms. The van der Waals surface area contributed by atoms with Crippen molar-refractivity contribution in [2.75, 3.05) is 19.8 Å². The minimum Gasteiger partial charge on any atom is -0.494 e. The van der Waals surface area contributed by atoms with Gasteiger partial charge in [0, 0.05) is 0 Å². The molecule has 0 atom stereocenters. The molecule has 0 aromatic heterocycles. The lowest BCUT2D eigenvalue weighted by atomic mass is 10.3. The van der Waals surface area contributed by atoms with Crippen LogP contribution in [-0.2, 0) is 19.6 Å². The highest BCUT2D eigenvalue weighted by molar-refractivity contribution is 7.89. The van der Waals surface area contributed by atoms with Gasteiger partial charge in [0.15, 0.2) is 0 Å². The lowest BCUT2D eigenvalue weighted by Crippen LogP contribution is -2.30. The first-order valence-corrected chi connectivity index (χ1v) is 7.86. The molecule has 0 heterocycles. The summed E-state index contributed by atoms with van der Waals surface area (Å²) < 4.78 is 36.0. The average molecular weight is 301 g/mol. The number of nitrogens with one attached hydrogen (secondary N) is 1. The molecule has 0 aliphatic rings. The quantitative estimate of drug-likeness (QED) is 0.732. The van der Waals surface area contributed by atoms with E-state index < -0.39 is 16.0 Å². The maximum absolute atomic E-state index is 11.9. The van der Waals surface area contributed by atoms with Crippen molar-refractivity contribution in [3.8, 4) is 5.75 Å². The zero-order valence-corrected chi connectivity index (χ0v) is 12.4. The van der Waals surface area contributed by atoms with Gasteiger partial charge in [-0.1, -0.05) is 6.92 Å². The van der Waals surface area contributed by atoms with Gasteiger partial charge in [-0.3, -0.25) is 4.79 Å². The number of benzene rings is 1. The number of hydrogen-bond donors (Lipinski definition) is 1. The second-order valence-corrected chi connectivity index (χ2v) is 5.72. The van der Waals surface area contributed by atoms with Crippen molar-refractivity contribution in [2.24, 2.45) is 0 Å². The van der Waals surface area contributed by atoms with Crippen LogP contribution in [-0.4, -0.2) is 34.1 Å². The van der Waals surface area contributed by atoms with Gasteiger partial charge in [-0.15, -0.1) is 0 Å². The van der Waals surface area contributed by atoms with E-state index in [2.05, 4.69) is 9.46 Å². The Morgan fingerprint density at radius 1 is 1.20 bits per heavy atom. The SMILES string of the molecule is CCCOc1ccc(S(=O)(=O)NCC(=O)OCC)cc1. The molecule has 20 heavy (non-hydrogen) atoms. The van der Waals surface area contributed by atoms with E-state index in [1.54, 1.807) is 19.1 Å². The van der Waals surface area contributed by atoms with Crippen molar-refractivity contribution in [3.63, 3.8) is 0 Å². The highest BCUT2D eigenvalue weighted by Crippen LogP contribution is 2.15. The molecule has 0 radical (unpaired) electrons. The van der Waals surface area contributed by atoms with Crippen LogP contribution < -0.4 is 9.46 Å². The Morgan fingerprint density at radius 2 is 1.85 bits per heavy atom. The summed E-state index contributed by atoms with van der Waals surface area (Å²) in [4.78, 5) is 11.2. The second-order valence-electron chi connectivity index (χ2n) is 3.95. The molecule has 112 valence electrons. The lowest BCUT2D eigenvalue weighted by Gasteiger charge is -2.08. The number of hydrogen-bond acceptors (Lipinski definition) is 5. The van der Waals surface area contributed by atoms with Crippen LogP contribution in [0.2, 0.25) is 0 Å². The first kappa shape index (κ1) is 16.5. The Balaban J connectivity index is 2.65. The summed E-state index contributed by atoms with van der Waals surface area (Å²) in [5.41, 5.74) is 0. The summed E-state index contributed by atoms with van der Waals surface area (Å²) in [5, 5.41) is 0. The molecule has 0 fully saturated rings. The minimum absolute atomic E-state index is 0.0747. The molecule has 1 aromatic carbocycles. The number of esters is 1. The fraction of sp³-hybridized carbons (Fsp3) is 0.462. The van der Waals surface area contributed by atoms with E-state index in [0.717, 1.165) is 6.42 Å². The van der Waals surface area contributed by atoms with Gasteiger partial charge in [-0.05, 0) is 37.6 Å². The van der Waals surface area contributed by atoms with Crippen LogP contribution in [0, 0.1) is 0 Å². The van der Waals surface area contributed by atoms with E-state index in [-0.39, 0.29) is 18.0 Å². The molecule has 0 aliphatic carbocycles. The van der Waals surface area contributed by atoms with Gasteiger partial charge in [-0.2, -0.15) is 4.72 Å². The summed E-state index contributed by atoms with van der Waals surface area (Å²) in [6, 6.07) is 6.01. The maximum Gasteiger partial charge on any atom is 0.321 e. The zero-order valence-electron chi connectivity index (χ0n) is 11.6. The van der Waals surface area contributed by atoms with E-state index in [4.69, 9.17) is 4.74 Å². The summed E-state index contributed by atoms with van der Waals surface area (Å²) in [7, 11) is -3.72. The molecule has 0 spiro atoms. The van der Waals surface area contributed by atoms with Crippen LogP contribution in [0.15, 0.2) is 29.2 Å². The summed E-state index contributed by atoms with van der Waals surface area (Å²) >= 11 is 0. The van der Waals surface area contributed by atoms with Crippen LogP contribution in [0.3, 0.4) is 0 Å². The van der Waals surface area contributed by atoms with Crippen molar-refractivity contribution in [1.29, 1.82) is 0 Å². The number of ether oxygens (including phenoxy) is 2. The predicted molar refractivity (Wildman–Crippen MR) is 74.0 cm³/mol. The van der Waals surface area contributed by atoms with E-state index in [9.17, 15) is 13.2 Å². The second kappa shape index (κ2) is 7.86. The molecule has 0 amide bonds. The van der Waals surface area contributed by atoms with Gasteiger partial charge >= 0.3 is 5.97 Å². The third-order valence-electron chi connectivity index (χ3n) is 2.32. The van der Waals surface area contributed by atoms with Crippen molar-refractivity contribution in [3.05, 3.63) is 24.3 Å². The van der Waals surface area contributed by atoms with Gasteiger partial charge in [0.25, 0.3) is 0 Å². The lowest BCUT2D eigenvalue weighted by molar-refractivity contribution is -0.141. The molecular weight excluding hydrogens is 282 g/mol. The zero-order chi connectivity index (χ0) is 15.0. The van der Waals surface area contributed by atoms with Crippen molar-refractivity contribution in [2.45, 2.75) is 25.2 Å². The first-order valence-electron chi connectivity index (χ1n) is 6.37. The van der Waals surface area contributed by atoms with Crippen LogP contribution in [0.5, 0.6) is 5.75 Å². The van der Waals surface area contributed by atoms with Gasteiger partial charge in [-0.25, -0.2) is 8.42 Å². The molecule has 6 nitrogen and oxygen atoms in total. The Hall–Kier alpha value is -1.60. The first-order chi connectivity index (χ1) is 9.49. The monoisotopic (exact) mass is 301 g/mol. The van der Waals surface area contributed by atoms with E-state index in [1.165, 1.54) is 12.1 Å². The Kier molecular flexibility index (Phi) is 6.47. The molecule has 0 unspecified atom stereocenters. The van der Waals surface area contributed by atoms with Crippen molar-refractivity contribution in [1.82, 2.24) is 4.72 Å². The smallest absolute Gasteiger partial charge is 0.321 e. The Morgan fingerprint density at radius 3 is 2.40 bits per heavy atom. The number of carbonyl (C=O) groups excluding carboxylic acids is 1. The summed E-state index contributed by atoms with van der Waals surface area (Å²) in [5.74, 6) is -0.00448. The van der Waals surface area contributed by atoms with E-state index in [1.807, 2.05) is 6.92 Å². The minimum atomic E-state index is -3.72. The Bertz CT molecular complexity index is 524. The maximum atomic E-state index is 11.9. The standard InChI is InChI=1S/C13H19NO5S/c1-3-9-19-11-5-7-12(8-6-11)20(16,17)14-10-13(15)18-4-2/h5-8,14H,3-4,9-10H2,1-2H3. The molecule has 0 saturated carbocycles. The van der Waals surface area contributed by atoms with Crippen LogP contribution in [0.4, 0.5) is 0 Å². The van der Waals surface area contributed by atoms with E-state index in [0.29, 0.717) is 12.4 Å². The largest absolute Gasteiger partial charge is 0.494 e. The third-order valence-corrected chi connectivity index (χ3v) is 3.74. The van der Waals surface area contributed by atoms with Gasteiger partial charge < -0.3 is 9.47 Å². The average Bonchev–Trinajstić information content (AvgIpc) is 2.44. The van der Waals surface area contributed by atoms with Crippen LogP contribution >= 0.6 is 0 Å². The molecule has 1 rings (SSSR count). The highest BCUT2D eigenvalue weighted by atomic mass is 32.2. The normalized spacial score (nSPS) is 11.1. The van der Waals surface area contributed by atoms with Crippen LogP contribution in [0.25, 0.3) is 0 Å². The molecule has 0 bridgehead atoms. The van der Waals surface area contributed by atoms with E-state index >= 15 is 0 Å². The molecular formula is C13H19NO5S. The molecule has 0 saturated heterocycles. The topological polar surface area (TPSA) is 81.7 Å². The summed E-state index contributed by atoms with van der Waals surface area (Å²) in [6.07, 6.45) is 0.876. The van der Waals surface area contributed by atoms with Crippen molar-refractivity contribution < 1.29 is 22.7 Å². The number of rotatable bonds is 8. The summed E-state index contributed by atoms with van der Waals surface area (Å²) in [6.45, 7) is 4.04. The van der Waals surface area contributed by atoms with Crippen LogP contribution in [0.1, 0.15) is 20.3 Å². The Labute approximate surface area is 119 Å². The van der Waals surface area contributed by atoms with Gasteiger partial charge in [0.05, 0.1) is 18.1 Å². The highest BCUT2D eigenvalue weighted by Gasteiger charge is 2.15.